The number of benzene rings is 1. The van der Waals surface area contributed by atoms with Crippen molar-refractivity contribution in [2.45, 2.75) is 0 Å². The van der Waals surface area contributed by atoms with Crippen LogP contribution in [0.5, 0.6) is 0 Å². The predicted molar refractivity (Wildman–Crippen MR) is 54.8 cm³/mol. The molecule has 0 aliphatic heterocycles. The molecular weight excluding hydrogens is 193 g/mol. The van der Waals surface area contributed by atoms with Crippen molar-refractivity contribution < 1.29 is 4.39 Å². The molecule has 0 fully saturated rings. The Hall–Kier alpha value is -2.10. The van der Waals surface area contributed by atoms with Crippen LogP contribution in [0.15, 0.2) is 36.7 Å². The minimum absolute atomic E-state index is 0.481. The first-order valence-corrected chi connectivity index (χ1v) is 4.50. The molecular formula is C11H6FN3. The van der Waals surface area contributed by atoms with E-state index in [0.29, 0.717) is 5.52 Å². The summed E-state index contributed by atoms with van der Waals surface area (Å²) < 4.78 is 12.9. The van der Waals surface area contributed by atoms with Gasteiger partial charge in [0, 0.05) is 17.8 Å². The number of fused-ring (bicyclic) bond motifs is 3. The monoisotopic (exact) mass is 199 g/mol. The maximum absolute atomic E-state index is 12.9. The fourth-order valence-electron chi connectivity index (χ4n) is 1.61. The summed E-state index contributed by atoms with van der Waals surface area (Å²) in [6.07, 6.45) is 3.25. The number of hydrogen-bond acceptors (Lipinski definition) is 3. The van der Waals surface area contributed by atoms with Gasteiger partial charge in [0.05, 0.1) is 16.6 Å². The van der Waals surface area contributed by atoms with Crippen LogP contribution in [0.4, 0.5) is 4.39 Å². The van der Waals surface area contributed by atoms with Gasteiger partial charge in [0.25, 0.3) is 0 Å². The fraction of sp³-hybridized carbons (Fsp3) is 0. The molecule has 3 aromatic rings. The Kier molecular flexibility index (Phi) is 1.62. The molecule has 0 saturated carbocycles. The second-order valence-electron chi connectivity index (χ2n) is 3.19. The van der Waals surface area contributed by atoms with E-state index in [4.69, 9.17) is 0 Å². The van der Waals surface area contributed by atoms with Crippen LogP contribution in [0.25, 0.3) is 21.9 Å². The zero-order valence-corrected chi connectivity index (χ0v) is 7.68. The third-order valence-electron chi connectivity index (χ3n) is 2.27. The number of rotatable bonds is 0. The second kappa shape index (κ2) is 2.95. The van der Waals surface area contributed by atoms with Gasteiger partial charge in [-0.25, -0.2) is 4.98 Å². The van der Waals surface area contributed by atoms with Gasteiger partial charge in [0.2, 0.25) is 5.95 Å². The van der Waals surface area contributed by atoms with E-state index in [9.17, 15) is 4.39 Å². The number of hydrogen-bond donors (Lipinski definition) is 0. The van der Waals surface area contributed by atoms with Crippen molar-refractivity contribution in [1.29, 1.82) is 0 Å². The molecule has 0 atom stereocenters. The van der Waals surface area contributed by atoms with E-state index in [1.807, 2.05) is 0 Å². The molecule has 0 N–H and O–H groups in total. The minimum Gasteiger partial charge on any atom is -0.253 e. The Balaban J connectivity index is 2.55. The van der Waals surface area contributed by atoms with Gasteiger partial charge >= 0.3 is 0 Å². The summed E-state index contributed by atoms with van der Waals surface area (Å²) in [4.78, 5) is 12.2. The standard InChI is InChI=1S/C11H6FN3/c12-10-4-1-7-8(15-10)2-3-9-11(7)14-6-5-13-9/h1-6H. The molecule has 1 aromatic carbocycles. The maximum Gasteiger partial charge on any atom is 0.213 e. The average molecular weight is 199 g/mol. The van der Waals surface area contributed by atoms with Crippen LogP contribution in [0.3, 0.4) is 0 Å². The normalized spacial score (nSPS) is 11.0. The Morgan fingerprint density at radius 3 is 2.60 bits per heavy atom. The summed E-state index contributed by atoms with van der Waals surface area (Å²) in [6.45, 7) is 0. The van der Waals surface area contributed by atoms with Crippen LogP contribution in [-0.4, -0.2) is 15.0 Å². The first-order chi connectivity index (χ1) is 7.34. The molecule has 0 unspecified atom stereocenters. The lowest BCUT2D eigenvalue weighted by molar-refractivity contribution is 0.589. The summed E-state index contributed by atoms with van der Waals surface area (Å²) >= 11 is 0. The van der Waals surface area contributed by atoms with E-state index < -0.39 is 5.95 Å². The molecule has 0 amide bonds. The molecule has 0 bridgehead atoms. The quantitative estimate of drug-likeness (QED) is 0.412. The van der Waals surface area contributed by atoms with Crippen molar-refractivity contribution in [3.8, 4) is 0 Å². The molecule has 0 saturated heterocycles. The molecule has 0 spiro atoms. The molecule has 2 heterocycles. The Morgan fingerprint density at radius 1 is 0.867 bits per heavy atom. The predicted octanol–water partition coefficient (Wildman–Crippen LogP) is 2.32. The summed E-state index contributed by atoms with van der Waals surface area (Å²) in [5.41, 5.74) is 2.14. The van der Waals surface area contributed by atoms with Gasteiger partial charge in [-0.15, -0.1) is 0 Å². The SMILES string of the molecule is Fc1ccc2c(ccc3nccnc32)n1. The maximum atomic E-state index is 12.9. The lowest BCUT2D eigenvalue weighted by atomic mass is 10.2. The zero-order chi connectivity index (χ0) is 10.3. The first kappa shape index (κ1) is 8.23. The van der Waals surface area contributed by atoms with Gasteiger partial charge in [-0.3, -0.25) is 9.97 Å². The van der Waals surface area contributed by atoms with Crippen LogP contribution in [0, 0.1) is 5.95 Å². The highest BCUT2D eigenvalue weighted by atomic mass is 19.1. The minimum atomic E-state index is -0.481. The van der Waals surface area contributed by atoms with E-state index in [1.54, 1.807) is 30.6 Å². The molecule has 2 aromatic heterocycles. The first-order valence-electron chi connectivity index (χ1n) is 4.50. The van der Waals surface area contributed by atoms with Gasteiger partial charge in [0.1, 0.15) is 0 Å². The highest BCUT2D eigenvalue weighted by Gasteiger charge is 2.03. The molecule has 72 valence electrons. The summed E-state index contributed by atoms with van der Waals surface area (Å²) in [7, 11) is 0. The number of pyridine rings is 1. The molecule has 0 radical (unpaired) electrons. The topological polar surface area (TPSA) is 38.7 Å². The van der Waals surface area contributed by atoms with E-state index in [0.717, 1.165) is 16.4 Å². The van der Waals surface area contributed by atoms with Crippen molar-refractivity contribution in [1.82, 2.24) is 15.0 Å². The van der Waals surface area contributed by atoms with Gasteiger partial charge in [0.15, 0.2) is 0 Å². The molecule has 3 rings (SSSR count). The van der Waals surface area contributed by atoms with Gasteiger partial charge in [-0.2, -0.15) is 4.39 Å². The van der Waals surface area contributed by atoms with Crippen LogP contribution in [-0.2, 0) is 0 Å². The van der Waals surface area contributed by atoms with Gasteiger partial charge < -0.3 is 0 Å². The van der Waals surface area contributed by atoms with Crippen molar-refractivity contribution in [3.63, 3.8) is 0 Å². The Labute approximate surface area is 84.6 Å². The molecule has 0 aliphatic rings. The van der Waals surface area contributed by atoms with Crippen LogP contribution in [0.2, 0.25) is 0 Å². The van der Waals surface area contributed by atoms with Crippen molar-refractivity contribution in [3.05, 3.63) is 42.6 Å². The third kappa shape index (κ3) is 1.22. The number of halogens is 1. The van der Waals surface area contributed by atoms with E-state index in [-0.39, 0.29) is 0 Å². The Morgan fingerprint density at radius 2 is 1.67 bits per heavy atom. The lowest BCUT2D eigenvalue weighted by Gasteiger charge is -2.00. The molecule has 15 heavy (non-hydrogen) atoms. The fourth-order valence-corrected chi connectivity index (χ4v) is 1.61. The van der Waals surface area contributed by atoms with Crippen molar-refractivity contribution in [2.75, 3.05) is 0 Å². The second-order valence-corrected chi connectivity index (χ2v) is 3.19. The van der Waals surface area contributed by atoms with E-state index >= 15 is 0 Å². The Bertz CT molecular complexity index is 651. The largest absolute Gasteiger partial charge is 0.253 e. The molecule has 0 aliphatic carbocycles. The van der Waals surface area contributed by atoms with E-state index in [2.05, 4.69) is 15.0 Å². The van der Waals surface area contributed by atoms with Crippen LogP contribution in [0.1, 0.15) is 0 Å². The van der Waals surface area contributed by atoms with Crippen molar-refractivity contribution in [2.24, 2.45) is 0 Å². The van der Waals surface area contributed by atoms with Crippen LogP contribution >= 0.6 is 0 Å². The number of aromatic nitrogens is 3. The highest BCUT2D eigenvalue weighted by molar-refractivity contribution is 6.01. The average Bonchev–Trinajstić information content (AvgIpc) is 2.28. The molecule has 4 heteroatoms. The van der Waals surface area contributed by atoms with E-state index in [1.165, 1.54) is 6.07 Å². The lowest BCUT2D eigenvalue weighted by Crippen LogP contribution is -1.88. The van der Waals surface area contributed by atoms with Gasteiger partial charge in [-0.1, -0.05) is 0 Å². The zero-order valence-electron chi connectivity index (χ0n) is 7.68. The number of nitrogens with zero attached hydrogens (tertiary/aromatic N) is 3. The van der Waals surface area contributed by atoms with Crippen LogP contribution < -0.4 is 0 Å². The summed E-state index contributed by atoms with van der Waals surface area (Å²) in [6, 6.07) is 6.54. The summed E-state index contributed by atoms with van der Waals surface area (Å²) in [5.74, 6) is -0.481. The summed E-state index contributed by atoms with van der Waals surface area (Å²) in [5, 5.41) is 0.821. The van der Waals surface area contributed by atoms with Crippen molar-refractivity contribution >= 4 is 21.9 Å². The smallest absolute Gasteiger partial charge is 0.213 e. The highest BCUT2D eigenvalue weighted by Crippen LogP contribution is 2.20. The molecule has 3 nitrogen and oxygen atoms in total. The third-order valence-corrected chi connectivity index (χ3v) is 2.27. The van der Waals surface area contributed by atoms with Gasteiger partial charge in [-0.05, 0) is 24.3 Å².